The number of methoxy groups -OCH3 is 1. The SMILES string of the molecule is COc1ccc(CCC(=O)Nc2ccc(Nc3cc(Nc4cc(C)ccn4)ncn3)cc2)cc1. The summed E-state index contributed by atoms with van der Waals surface area (Å²) in [6, 6.07) is 20.9. The van der Waals surface area contributed by atoms with Gasteiger partial charge in [0.2, 0.25) is 5.91 Å². The van der Waals surface area contributed by atoms with Crippen molar-refractivity contribution in [3.63, 3.8) is 0 Å². The van der Waals surface area contributed by atoms with Crippen molar-refractivity contribution in [1.82, 2.24) is 15.0 Å². The normalized spacial score (nSPS) is 10.4. The van der Waals surface area contributed by atoms with E-state index < -0.39 is 0 Å². The Bertz CT molecular complexity index is 1240. The molecule has 0 aliphatic rings. The molecule has 0 spiro atoms. The highest BCUT2D eigenvalue weighted by atomic mass is 16.5. The molecule has 0 atom stereocenters. The number of carbonyl (C=O) groups excluding carboxylic acids is 1. The molecule has 3 N–H and O–H groups in total. The van der Waals surface area contributed by atoms with Gasteiger partial charge >= 0.3 is 0 Å². The van der Waals surface area contributed by atoms with Gasteiger partial charge in [0.1, 0.15) is 29.5 Å². The predicted octanol–water partition coefficient (Wildman–Crippen LogP) is 5.25. The average Bonchev–Trinajstić information content (AvgIpc) is 2.84. The average molecular weight is 455 g/mol. The molecule has 34 heavy (non-hydrogen) atoms. The van der Waals surface area contributed by atoms with Gasteiger partial charge < -0.3 is 20.7 Å². The van der Waals surface area contributed by atoms with E-state index in [0.29, 0.717) is 24.5 Å². The zero-order valence-corrected chi connectivity index (χ0v) is 19.1. The Morgan fingerprint density at radius 2 is 1.50 bits per heavy atom. The molecule has 0 radical (unpaired) electrons. The lowest BCUT2D eigenvalue weighted by atomic mass is 10.1. The van der Waals surface area contributed by atoms with Gasteiger partial charge in [-0.3, -0.25) is 4.79 Å². The molecule has 0 aliphatic heterocycles. The molecule has 2 heterocycles. The number of nitrogens with zero attached hydrogens (tertiary/aromatic N) is 3. The Hall–Kier alpha value is -4.46. The van der Waals surface area contributed by atoms with Gasteiger partial charge in [0.05, 0.1) is 7.11 Å². The van der Waals surface area contributed by atoms with Crippen molar-refractivity contribution in [2.75, 3.05) is 23.1 Å². The molecule has 0 aliphatic carbocycles. The second kappa shape index (κ2) is 10.9. The van der Waals surface area contributed by atoms with E-state index >= 15 is 0 Å². The third-order valence-corrected chi connectivity index (χ3v) is 5.08. The zero-order valence-electron chi connectivity index (χ0n) is 19.1. The van der Waals surface area contributed by atoms with Gasteiger partial charge in [-0.2, -0.15) is 0 Å². The van der Waals surface area contributed by atoms with Crippen LogP contribution in [0.3, 0.4) is 0 Å². The first-order valence-corrected chi connectivity index (χ1v) is 10.9. The van der Waals surface area contributed by atoms with Crippen LogP contribution >= 0.6 is 0 Å². The van der Waals surface area contributed by atoms with Gasteiger partial charge in [-0.05, 0) is 73.0 Å². The smallest absolute Gasteiger partial charge is 0.224 e. The maximum atomic E-state index is 12.3. The minimum absolute atomic E-state index is 0.0344. The van der Waals surface area contributed by atoms with Crippen LogP contribution in [0.15, 0.2) is 79.3 Å². The maximum Gasteiger partial charge on any atom is 0.224 e. The first kappa shape index (κ1) is 22.7. The Labute approximate surface area is 198 Å². The fourth-order valence-corrected chi connectivity index (χ4v) is 3.29. The van der Waals surface area contributed by atoms with E-state index in [0.717, 1.165) is 34.1 Å². The molecule has 4 aromatic rings. The van der Waals surface area contributed by atoms with Crippen LogP contribution in [0, 0.1) is 6.92 Å². The highest BCUT2D eigenvalue weighted by Gasteiger charge is 2.05. The summed E-state index contributed by atoms with van der Waals surface area (Å²) in [4.78, 5) is 25.1. The van der Waals surface area contributed by atoms with Gasteiger partial charge in [0.25, 0.3) is 0 Å². The summed E-state index contributed by atoms with van der Waals surface area (Å²) >= 11 is 0. The van der Waals surface area contributed by atoms with Crippen molar-refractivity contribution in [3.05, 3.63) is 90.4 Å². The van der Waals surface area contributed by atoms with E-state index in [4.69, 9.17) is 4.74 Å². The highest BCUT2D eigenvalue weighted by molar-refractivity contribution is 5.91. The van der Waals surface area contributed by atoms with Crippen LogP contribution in [0.5, 0.6) is 5.75 Å². The van der Waals surface area contributed by atoms with Crippen LogP contribution < -0.4 is 20.7 Å². The fourth-order valence-electron chi connectivity index (χ4n) is 3.29. The van der Waals surface area contributed by atoms with E-state index in [1.54, 1.807) is 19.4 Å². The molecule has 8 heteroatoms. The number of hydrogen-bond donors (Lipinski definition) is 3. The van der Waals surface area contributed by atoms with Gasteiger partial charge in [0, 0.05) is 30.1 Å². The van der Waals surface area contributed by atoms with Crippen molar-refractivity contribution < 1.29 is 9.53 Å². The highest BCUT2D eigenvalue weighted by Crippen LogP contribution is 2.21. The second-order valence-electron chi connectivity index (χ2n) is 7.73. The van der Waals surface area contributed by atoms with Crippen molar-refractivity contribution in [3.8, 4) is 5.75 Å². The van der Waals surface area contributed by atoms with Crippen LogP contribution in [0.1, 0.15) is 17.5 Å². The van der Waals surface area contributed by atoms with E-state index in [-0.39, 0.29) is 5.91 Å². The quantitative estimate of drug-likeness (QED) is 0.318. The predicted molar refractivity (Wildman–Crippen MR) is 134 cm³/mol. The third-order valence-electron chi connectivity index (χ3n) is 5.08. The number of rotatable bonds is 9. The van der Waals surface area contributed by atoms with E-state index in [1.165, 1.54) is 6.33 Å². The third kappa shape index (κ3) is 6.52. The van der Waals surface area contributed by atoms with Gasteiger partial charge in [-0.1, -0.05) is 12.1 Å². The summed E-state index contributed by atoms with van der Waals surface area (Å²) < 4.78 is 5.16. The van der Waals surface area contributed by atoms with Crippen molar-refractivity contribution in [2.24, 2.45) is 0 Å². The lowest BCUT2D eigenvalue weighted by molar-refractivity contribution is -0.116. The molecular weight excluding hydrogens is 428 g/mol. The maximum absolute atomic E-state index is 12.3. The molecule has 8 nitrogen and oxygen atoms in total. The Kier molecular flexibility index (Phi) is 7.29. The summed E-state index contributed by atoms with van der Waals surface area (Å²) in [6.45, 7) is 2.01. The molecular formula is C26H26N6O2. The molecule has 0 saturated heterocycles. The van der Waals surface area contributed by atoms with Crippen molar-refractivity contribution in [1.29, 1.82) is 0 Å². The number of hydrogen-bond acceptors (Lipinski definition) is 7. The first-order chi connectivity index (χ1) is 16.6. The molecule has 0 fully saturated rings. The van der Waals surface area contributed by atoms with Crippen LogP contribution in [0.4, 0.5) is 28.8 Å². The minimum Gasteiger partial charge on any atom is -0.497 e. The summed E-state index contributed by atoms with van der Waals surface area (Å²) in [5, 5.41) is 9.35. The van der Waals surface area contributed by atoms with Crippen LogP contribution in [-0.2, 0) is 11.2 Å². The van der Waals surface area contributed by atoms with Crippen LogP contribution in [0.2, 0.25) is 0 Å². The van der Waals surface area contributed by atoms with Gasteiger partial charge in [0.15, 0.2) is 0 Å². The number of amides is 1. The largest absolute Gasteiger partial charge is 0.497 e. The lowest BCUT2D eigenvalue weighted by Gasteiger charge is -2.10. The van der Waals surface area contributed by atoms with Gasteiger partial charge in [-0.15, -0.1) is 0 Å². The van der Waals surface area contributed by atoms with Crippen LogP contribution in [0.25, 0.3) is 0 Å². The number of benzene rings is 2. The molecule has 0 saturated carbocycles. The Morgan fingerprint density at radius 1 is 0.824 bits per heavy atom. The number of nitrogens with one attached hydrogen (secondary N) is 3. The zero-order chi connectivity index (χ0) is 23.8. The summed E-state index contributed by atoms with van der Waals surface area (Å²) in [5.41, 5.74) is 3.78. The lowest BCUT2D eigenvalue weighted by Crippen LogP contribution is -2.12. The molecule has 0 bridgehead atoms. The molecule has 1 amide bonds. The Balaban J connectivity index is 1.29. The summed E-state index contributed by atoms with van der Waals surface area (Å²) in [7, 11) is 1.63. The Morgan fingerprint density at radius 3 is 2.21 bits per heavy atom. The topological polar surface area (TPSA) is 101 Å². The van der Waals surface area contributed by atoms with Gasteiger partial charge in [-0.25, -0.2) is 15.0 Å². The van der Waals surface area contributed by atoms with Crippen LogP contribution in [-0.4, -0.2) is 28.0 Å². The molecule has 172 valence electrons. The summed E-state index contributed by atoms with van der Waals surface area (Å²) in [6.07, 6.45) is 4.30. The van der Waals surface area contributed by atoms with E-state index in [1.807, 2.05) is 67.6 Å². The number of anilines is 5. The number of aryl methyl sites for hydroxylation is 2. The minimum atomic E-state index is -0.0344. The first-order valence-electron chi connectivity index (χ1n) is 10.9. The van der Waals surface area contributed by atoms with Crippen molar-refractivity contribution >= 4 is 34.7 Å². The van der Waals surface area contributed by atoms with Crippen molar-refractivity contribution in [2.45, 2.75) is 19.8 Å². The van der Waals surface area contributed by atoms with E-state index in [9.17, 15) is 4.79 Å². The number of carbonyl (C=O) groups is 1. The van der Waals surface area contributed by atoms with E-state index in [2.05, 4.69) is 30.9 Å². The molecule has 0 unspecified atom stereocenters. The molecule has 2 aromatic heterocycles. The number of pyridine rings is 1. The second-order valence-corrected chi connectivity index (χ2v) is 7.73. The molecule has 2 aromatic carbocycles. The summed E-state index contributed by atoms with van der Waals surface area (Å²) in [5.74, 6) is 2.77. The fraction of sp³-hybridized carbons (Fsp3) is 0.154. The number of ether oxygens (including phenoxy) is 1. The standard InChI is InChI=1S/C26H26N6O2/c1-18-13-14-27-23(15-18)32-25-16-24(28-17-29-25)30-20-6-8-21(9-7-20)31-26(33)12-5-19-3-10-22(34-2)11-4-19/h3-4,6-11,13-17H,5,12H2,1-2H3,(H,31,33)(H2,27,28,29,30,32). The number of aromatic nitrogens is 3. The monoisotopic (exact) mass is 454 g/mol. The molecule has 4 rings (SSSR count).